The van der Waals surface area contributed by atoms with Gasteiger partial charge in [-0.15, -0.1) is 11.3 Å². The average Bonchev–Trinajstić information content (AvgIpc) is 2.64. The van der Waals surface area contributed by atoms with Crippen molar-refractivity contribution in [2.45, 2.75) is 25.3 Å². The summed E-state index contributed by atoms with van der Waals surface area (Å²) in [6.07, 6.45) is 2.47. The predicted molar refractivity (Wildman–Crippen MR) is 69.9 cm³/mol. The molecule has 0 saturated heterocycles. The number of carboxylic acid groups (broad SMARTS) is 1. The minimum absolute atomic E-state index is 0.0306. The van der Waals surface area contributed by atoms with Gasteiger partial charge in [0.05, 0.1) is 5.75 Å². The summed E-state index contributed by atoms with van der Waals surface area (Å²) in [6.45, 7) is 4.15. The number of hydrogen-bond donors (Lipinski definition) is 1. The SMILES string of the molecule is CCc1sc2ncnc(SCC(=O)O)c2c1C. The summed E-state index contributed by atoms with van der Waals surface area (Å²) in [5, 5.41) is 10.5. The molecule has 0 atom stereocenters. The first-order valence-electron chi connectivity index (χ1n) is 5.21. The molecular formula is C11H12N2O2S2. The third-order valence-electron chi connectivity index (χ3n) is 2.44. The fourth-order valence-electron chi connectivity index (χ4n) is 1.66. The van der Waals surface area contributed by atoms with Gasteiger partial charge in [0.2, 0.25) is 0 Å². The van der Waals surface area contributed by atoms with E-state index in [1.165, 1.54) is 28.5 Å². The molecule has 0 unspecified atom stereocenters. The molecule has 0 aliphatic heterocycles. The lowest BCUT2D eigenvalue weighted by Gasteiger charge is -2.00. The first kappa shape index (κ1) is 12.3. The number of thiophene rings is 1. The van der Waals surface area contributed by atoms with E-state index in [-0.39, 0.29) is 5.75 Å². The van der Waals surface area contributed by atoms with Gasteiger partial charge < -0.3 is 5.11 Å². The van der Waals surface area contributed by atoms with E-state index in [0.29, 0.717) is 0 Å². The van der Waals surface area contributed by atoms with Gasteiger partial charge in [0, 0.05) is 10.3 Å². The van der Waals surface area contributed by atoms with Crippen molar-refractivity contribution < 1.29 is 9.90 Å². The topological polar surface area (TPSA) is 63.1 Å². The molecule has 2 heterocycles. The van der Waals surface area contributed by atoms with Gasteiger partial charge in [0.15, 0.2) is 0 Å². The van der Waals surface area contributed by atoms with Crippen LogP contribution in [-0.2, 0) is 11.2 Å². The second-order valence-corrected chi connectivity index (χ2v) is 5.59. The molecule has 0 aliphatic carbocycles. The molecule has 6 heteroatoms. The molecule has 1 N–H and O–H groups in total. The zero-order chi connectivity index (χ0) is 12.4. The number of fused-ring (bicyclic) bond motifs is 1. The van der Waals surface area contributed by atoms with Gasteiger partial charge in [-0.05, 0) is 18.9 Å². The Kier molecular flexibility index (Phi) is 3.63. The largest absolute Gasteiger partial charge is 0.481 e. The number of aromatic nitrogens is 2. The highest BCUT2D eigenvalue weighted by atomic mass is 32.2. The smallest absolute Gasteiger partial charge is 0.313 e. The monoisotopic (exact) mass is 268 g/mol. The van der Waals surface area contributed by atoms with Crippen molar-refractivity contribution >= 4 is 39.3 Å². The van der Waals surface area contributed by atoms with Crippen molar-refractivity contribution in [1.82, 2.24) is 9.97 Å². The Morgan fingerprint density at radius 3 is 2.94 bits per heavy atom. The first-order chi connectivity index (χ1) is 8.13. The Morgan fingerprint density at radius 1 is 1.53 bits per heavy atom. The number of hydrogen-bond acceptors (Lipinski definition) is 5. The standard InChI is InChI=1S/C11H12N2O2S2/c1-3-7-6(2)9-10(16-4-8(14)15)12-5-13-11(9)17-7/h5H,3-4H2,1-2H3,(H,14,15). The molecule has 0 bridgehead atoms. The van der Waals surface area contributed by atoms with Crippen molar-refractivity contribution in [3.8, 4) is 0 Å². The Bertz CT molecular complexity index is 566. The molecule has 0 amide bonds. The van der Waals surface area contributed by atoms with Crippen molar-refractivity contribution in [2.75, 3.05) is 5.75 Å². The third kappa shape index (κ3) is 2.42. The van der Waals surface area contributed by atoms with Crippen LogP contribution in [-0.4, -0.2) is 26.8 Å². The van der Waals surface area contributed by atoms with Crippen LogP contribution in [0.5, 0.6) is 0 Å². The molecule has 0 fully saturated rings. The number of thioether (sulfide) groups is 1. The van der Waals surface area contributed by atoms with Crippen molar-refractivity contribution in [3.63, 3.8) is 0 Å². The number of carbonyl (C=O) groups is 1. The molecule has 90 valence electrons. The number of aryl methyl sites for hydroxylation is 2. The maximum atomic E-state index is 10.6. The molecule has 2 aromatic rings. The van der Waals surface area contributed by atoms with Gasteiger partial charge in [-0.1, -0.05) is 18.7 Å². The summed E-state index contributed by atoms with van der Waals surface area (Å²) >= 11 is 2.91. The quantitative estimate of drug-likeness (QED) is 0.682. The molecule has 0 saturated carbocycles. The van der Waals surface area contributed by atoms with Crippen molar-refractivity contribution in [2.24, 2.45) is 0 Å². The summed E-state index contributed by atoms with van der Waals surface area (Å²) in [5.74, 6) is -0.798. The summed E-state index contributed by atoms with van der Waals surface area (Å²) < 4.78 is 0. The minimum atomic E-state index is -0.828. The summed E-state index contributed by atoms with van der Waals surface area (Å²) in [5.41, 5.74) is 1.18. The van der Waals surface area contributed by atoms with E-state index in [4.69, 9.17) is 5.11 Å². The normalized spacial score (nSPS) is 10.9. The van der Waals surface area contributed by atoms with E-state index in [9.17, 15) is 4.79 Å². The minimum Gasteiger partial charge on any atom is -0.481 e. The second-order valence-electron chi connectivity index (χ2n) is 3.55. The van der Waals surface area contributed by atoms with Crippen molar-refractivity contribution in [3.05, 3.63) is 16.8 Å². The van der Waals surface area contributed by atoms with Crippen LogP contribution in [0.3, 0.4) is 0 Å². The fraction of sp³-hybridized carbons (Fsp3) is 0.364. The summed E-state index contributed by atoms with van der Waals surface area (Å²) in [6, 6.07) is 0. The van der Waals surface area contributed by atoms with Crippen LogP contribution in [0.2, 0.25) is 0 Å². The molecule has 17 heavy (non-hydrogen) atoms. The maximum Gasteiger partial charge on any atom is 0.313 e. The van der Waals surface area contributed by atoms with Crippen LogP contribution in [0.1, 0.15) is 17.4 Å². The molecule has 4 nitrogen and oxygen atoms in total. The summed E-state index contributed by atoms with van der Waals surface area (Å²) in [7, 11) is 0. The van der Waals surface area contributed by atoms with E-state index in [0.717, 1.165) is 21.7 Å². The maximum absolute atomic E-state index is 10.6. The Labute approximate surface area is 107 Å². The highest BCUT2D eigenvalue weighted by Gasteiger charge is 2.14. The number of rotatable bonds is 4. The van der Waals surface area contributed by atoms with Gasteiger partial charge in [-0.2, -0.15) is 0 Å². The van der Waals surface area contributed by atoms with Crippen molar-refractivity contribution in [1.29, 1.82) is 0 Å². The Balaban J connectivity index is 2.48. The fourth-order valence-corrected chi connectivity index (χ4v) is 3.59. The van der Waals surface area contributed by atoms with Crippen LogP contribution in [0.25, 0.3) is 10.2 Å². The van der Waals surface area contributed by atoms with Crippen LogP contribution < -0.4 is 0 Å². The second kappa shape index (κ2) is 5.01. The lowest BCUT2D eigenvalue weighted by atomic mass is 10.2. The average molecular weight is 268 g/mol. The molecule has 0 aromatic carbocycles. The van der Waals surface area contributed by atoms with Crippen LogP contribution in [0, 0.1) is 6.92 Å². The summed E-state index contributed by atoms with van der Waals surface area (Å²) in [4.78, 5) is 21.3. The molecule has 2 rings (SSSR count). The third-order valence-corrected chi connectivity index (χ3v) is 4.76. The van der Waals surface area contributed by atoms with Gasteiger partial charge >= 0.3 is 5.97 Å². The van der Waals surface area contributed by atoms with Crippen LogP contribution in [0.15, 0.2) is 11.4 Å². The molecule has 0 spiro atoms. The van der Waals surface area contributed by atoms with E-state index < -0.39 is 5.97 Å². The van der Waals surface area contributed by atoms with Crippen LogP contribution in [0.4, 0.5) is 0 Å². The molecule has 2 aromatic heterocycles. The predicted octanol–water partition coefficient (Wildman–Crippen LogP) is 2.74. The molecular weight excluding hydrogens is 256 g/mol. The number of carboxylic acids is 1. The Hall–Kier alpha value is -1.14. The van der Waals surface area contributed by atoms with E-state index in [1.807, 2.05) is 6.92 Å². The molecule has 0 radical (unpaired) electrons. The lowest BCUT2D eigenvalue weighted by molar-refractivity contribution is -0.133. The highest BCUT2D eigenvalue weighted by molar-refractivity contribution is 8.00. The Morgan fingerprint density at radius 2 is 2.29 bits per heavy atom. The van der Waals surface area contributed by atoms with E-state index >= 15 is 0 Å². The zero-order valence-corrected chi connectivity index (χ0v) is 11.2. The van der Waals surface area contributed by atoms with Crippen LogP contribution >= 0.6 is 23.1 Å². The molecule has 0 aliphatic rings. The number of aliphatic carboxylic acids is 1. The van der Waals surface area contributed by atoms with Gasteiger partial charge in [0.25, 0.3) is 0 Å². The zero-order valence-electron chi connectivity index (χ0n) is 9.56. The first-order valence-corrected chi connectivity index (χ1v) is 7.01. The van der Waals surface area contributed by atoms with Gasteiger partial charge in [-0.3, -0.25) is 4.79 Å². The number of nitrogens with zero attached hydrogens (tertiary/aromatic N) is 2. The van der Waals surface area contributed by atoms with E-state index in [1.54, 1.807) is 11.3 Å². The highest BCUT2D eigenvalue weighted by Crippen LogP contribution is 2.34. The van der Waals surface area contributed by atoms with E-state index in [2.05, 4.69) is 16.9 Å². The van der Waals surface area contributed by atoms with Gasteiger partial charge in [0.1, 0.15) is 16.2 Å². The lowest BCUT2D eigenvalue weighted by Crippen LogP contribution is -1.98. The van der Waals surface area contributed by atoms with Gasteiger partial charge in [-0.25, -0.2) is 9.97 Å².